The van der Waals surface area contributed by atoms with Gasteiger partial charge in [0, 0.05) is 0 Å². The van der Waals surface area contributed by atoms with E-state index in [0.717, 1.165) is 0 Å². The average molecular weight is 862 g/mol. The van der Waals surface area contributed by atoms with Gasteiger partial charge >= 0.3 is 24.3 Å². The first-order valence-electron chi connectivity index (χ1n) is 14.9. The number of hydroxylamine groups is 4. The SMILES string of the molecule is O=C(ON1C(=O)c2ccc(C(c3ccc4c(c3)C(=O)N(OC(=O)c3c(F)c(F)c(F)c(F)c3F)C4=O)(C(F)(F)F)C(F)(F)F)cc2C1=O)c1c(F)c(F)c(F)c(F)c1F. The van der Waals surface area contributed by atoms with Crippen molar-refractivity contribution in [1.82, 2.24) is 10.1 Å². The molecule has 0 saturated carbocycles. The highest BCUT2D eigenvalue weighted by Gasteiger charge is 2.73. The van der Waals surface area contributed by atoms with Crippen LogP contribution in [0.5, 0.6) is 0 Å². The minimum Gasteiger partial charge on any atom is -0.324 e. The Balaban J connectivity index is 1.40. The molecule has 0 N–H and O–H groups in total. The third-order valence-corrected chi connectivity index (χ3v) is 8.59. The van der Waals surface area contributed by atoms with Crippen molar-refractivity contribution in [2.45, 2.75) is 17.8 Å². The van der Waals surface area contributed by atoms with Gasteiger partial charge in [0.05, 0.1) is 22.3 Å². The molecule has 59 heavy (non-hydrogen) atoms. The summed E-state index contributed by atoms with van der Waals surface area (Å²) >= 11 is 0. The van der Waals surface area contributed by atoms with E-state index in [2.05, 4.69) is 9.68 Å². The van der Waals surface area contributed by atoms with Crippen LogP contribution in [0.2, 0.25) is 0 Å². The van der Waals surface area contributed by atoms with Crippen LogP contribution in [0.3, 0.4) is 0 Å². The minimum atomic E-state index is -6.61. The first kappa shape index (κ1) is 41.6. The number of fused-ring (bicyclic) bond motifs is 2. The van der Waals surface area contributed by atoms with Crippen molar-refractivity contribution in [3.8, 4) is 0 Å². The maximum atomic E-state index is 15.0. The van der Waals surface area contributed by atoms with Crippen molar-refractivity contribution in [2.75, 3.05) is 0 Å². The number of hydrogen-bond donors (Lipinski definition) is 0. The molecular formula is C33H6F16N2O8. The molecule has 2 aliphatic rings. The number of hydrogen-bond acceptors (Lipinski definition) is 8. The number of rotatable bonds is 6. The number of halogens is 16. The Bertz CT molecular complexity index is 2410. The topological polar surface area (TPSA) is 127 Å². The number of carbonyl (C=O) groups excluding carboxylic acids is 6. The van der Waals surface area contributed by atoms with E-state index in [-0.39, 0.29) is 36.4 Å². The predicted octanol–water partition coefficient (Wildman–Crippen LogP) is 7.22. The molecule has 2 heterocycles. The van der Waals surface area contributed by atoms with Crippen molar-refractivity contribution in [3.05, 3.63) is 139 Å². The van der Waals surface area contributed by atoms with E-state index in [1.54, 1.807) is 0 Å². The molecule has 4 aromatic carbocycles. The number of carbonyl (C=O) groups is 6. The Morgan fingerprint density at radius 3 is 0.932 bits per heavy atom. The van der Waals surface area contributed by atoms with Crippen LogP contribution in [0.1, 0.15) is 73.3 Å². The molecule has 6 rings (SSSR count). The number of imide groups is 2. The zero-order valence-corrected chi connectivity index (χ0v) is 27.2. The van der Waals surface area contributed by atoms with Gasteiger partial charge in [-0.25, -0.2) is 53.5 Å². The molecule has 26 heteroatoms. The second kappa shape index (κ2) is 13.5. The second-order valence-corrected chi connectivity index (χ2v) is 11.7. The van der Waals surface area contributed by atoms with Gasteiger partial charge in [-0.1, -0.05) is 22.3 Å². The van der Waals surface area contributed by atoms with Crippen LogP contribution in [0.15, 0.2) is 36.4 Å². The van der Waals surface area contributed by atoms with E-state index in [4.69, 9.17) is 0 Å². The summed E-state index contributed by atoms with van der Waals surface area (Å²) in [6.07, 6.45) is -13.2. The molecule has 4 amide bonds. The summed E-state index contributed by atoms with van der Waals surface area (Å²) < 4.78 is 228. The molecule has 0 saturated heterocycles. The van der Waals surface area contributed by atoms with Crippen molar-refractivity contribution in [1.29, 1.82) is 0 Å². The van der Waals surface area contributed by atoms with Crippen LogP contribution in [0, 0.1) is 58.2 Å². The fourth-order valence-electron chi connectivity index (χ4n) is 5.88. The van der Waals surface area contributed by atoms with Crippen LogP contribution in [-0.2, 0) is 15.1 Å². The predicted molar refractivity (Wildman–Crippen MR) is 150 cm³/mol. The fraction of sp³-hybridized carbons (Fsp3) is 0.0909. The molecule has 0 atom stereocenters. The number of alkyl halides is 6. The smallest absolute Gasteiger partial charge is 0.324 e. The zero-order chi connectivity index (χ0) is 44.2. The Labute approximate surface area is 311 Å². The summed E-state index contributed by atoms with van der Waals surface area (Å²) in [7, 11) is 0. The fourth-order valence-corrected chi connectivity index (χ4v) is 5.88. The maximum Gasteiger partial charge on any atom is 0.411 e. The van der Waals surface area contributed by atoms with E-state index in [1.807, 2.05) is 0 Å². The lowest BCUT2D eigenvalue weighted by atomic mass is 9.71. The highest BCUT2D eigenvalue weighted by molar-refractivity contribution is 6.22. The Morgan fingerprint density at radius 1 is 0.407 bits per heavy atom. The van der Waals surface area contributed by atoms with E-state index < -0.39 is 166 Å². The highest BCUT2D eigenvalue weighted by Crippen LogP contribution is 2.57. The quantitative estimate of drug-likeness (QED) is 0.0861. The molecule has 0 aliphatic carbocycles. The minimum absolute atomic E-state index is 0.0707. The lowest BCUT2D eigenvalue weighted by Gasteiger charge is -2.38. The molecular weight excluding hydrogens is 856 g/mol. The van der Waals surface area contributed by atoms with Gasteiger partial charge in [0.2, 0.25) is 17.0 Å². The van der Waals surface area contributed by atoms with Crippen molar-refractivity contribution < 1.29 is 109 Å². The third kappa shape index (κ3) is 5.82. The van der Waals surface area contributed by atoms with Gasteiger partial charge < -0.3 is 9.68 Å². The normalized spacial score (nSPS) is 14.3. The number of nitrogens with zero attached hydrogens (tertiary/aromatic N) is 2. The van der Waals surface area contributed by atoms with Gasteiger partial charge in [0.1, 0.15) is 11.1 Å². The molecule has 4 aromatic rings. The first-order chi connectivity index (χ1) is 27.2. The average Bonchev–Trinajstić information content (AvgIpc) is 3.53. The second-order valence-electron chi connectivity index (χ2n) is 11.7. The number of benzene rings is 4. The molecule has 0 aromatic heterocycles. The van der Waals surface area contributed by atoms with Crippen LogP contribution in [0.25, 0.3) is 0 Å². The molecule has 0 bridgehead atoms. The van der Waals surface area contributed by atoms with Crippen LogP contribution < -0.4 is 0 Å². The summed E-state index contributed by atoms with van der Waals surface area (Å²) in [4.78, 5) is 84.7. The molecule has 0 spiro atoms. The largest absolute Gasteiger partial charge is 0.411 e. The lowest BCUT2D eigenvalue weighted by molar-refractivity contribution is -0.288. The molecule has 2 aliphatic heterocycles. The third-order valence-electron chi connectivity index (χ3n) is 8.59. The Kier molecular flexibility index (Phi) is 9.55. The van der Waals surface area contributed by atoms with Crippen molar-refractivity contribution in [3.63, 3.8) is 0 Å². The number of amides is 4. The lowest BCUT2D eigenvalue weighted by Crippen LogP contribution is -2.55. The van der Waals surface area contributed by atoms with Crippen molar-refractivity contribution >= 4 is 35.6 Å². The van der Waals surface area contributed by atoms with Gasteiger partial charge in [0.15, 0.2) is 46.5 Å². The molecule has 10 nitrogen and oxygen atoms in total. The Morgan fingerprint density at radius 2 is 0.661 bits per heavy atom. The first-order valence-corrected chi connectivity index (χ1v) is 14.9. The van der Waals surface area contributed by atoms with Gasteiger partial charge in [-0.05, 0) is 35.4 Å². The maximum absolute atomic E-state index is 15.0. The summed E-state index contributed by atoms with van der Waals surface area (Å²) in [5.41, 5.74) is -19.5. The molecule has 308 valence electrons. The summed E-state index contributed by atoms with van der Waals surface area (Å²) in [6.45, 7) is 0. The monoisotopic (exact) mass is 862 g/mol. The molecule has 0 fully saturated rings. The summed E-state index contributed by atoms with van der Waals surface area (Å²) in [6, 6.07) is -0.405. The standard InChI is InChI=1S/C33H6F16N2O8/c34-15-13(16(35)20(39)23(42)19(15)38)29(56)58-50-25(52)9-3-1-7(5-11(9)27(50)54)31(32(44,45)46,33(47,48)49)8-2-4-10-12(6-8)28(55)51(26(10)53)59-30(57)14-17(36)21(40)24(43)22(41)18(14)37/h1-6H. The van der Waals surface area contributed by atoms with Crippen LogP contribution in [0.4, 0.5) is 70.2 Å². The van der Waals surface area contributed by atoms with E-state index in [1.165, 1.54) is 0 Å². The zero-order valence-electron chi connectivity index (χ0n) is 27.2. The van der Waals surface area contributed by atoms with Crippen LogP contribution in [-0.4, -0.2) is 58.0 Å². The molecule has 0 radical (unpaired) electrons. The van der Waals surface area contributed by atoms with Gasteiger partial charge in [-0.3, -0.25) is 19.2 Å². The van der Waals surface area contributed by atoms with E-state index in [0.29, 0.717) is 0 Å². The van der Waals surface area contributed by atoms with Gasteiger partial charge in [0.25, 0.3) is 23.6 Å². The van der Waals surface area contributed by atoms with E-state index in [9.17, 15) is 72.7 Å². The van der Waals surface area contributed by atoms with Gasteiger partial charge in [-0.15, -0.1) is 0 Å². The summed E-state index contributed by atoms with van der Waals surface area (Å²) in [5.74, 6) is -41.2. The molecule has 0 unspecified atom stereocenters. The van der Waals surface area contributed by atoms with Crippen molar-refractivity contribution in [2.24, 2.45) is 0 Å². The van der Waals surface area contributed by atoms with E-state index >= 15 is 26.3 Å². The highest BCUT2D eigenvalue weighted by atomic mass is 19.4. The Hall–Kier alpha value is -7.02. The van der Waals surface area contributed by atoms with Crippen LogP contribution >= 0.6 is 0 Å². The van der Waals surface area contributed by atoms with Gasteiger partial charge in [-0.2, -0.15) is 26.3 Å². The summed E-state index contributed by atoms with van der Waals surface area (Å²) in [5, 5.41) is -1.61.